The largest absolute Gasteiger partial charge is 0.316 e. The molecule has 0 unspecified atom stereocenters. The molecule has 1 aromatic carbocycles. The number of nitrogens with one attached hydrogen (secondary N) is 1. The highest BCUT2D eigenvalue weighted by Gasteiger charge is 2.27. The Morgan fingerprint density at radius 3 is 2.55 bits per heavy atom. The normalized spacial score (nSPS) is 12.1. The molecule has 20 heavy (non-hydrogen) atoms. The minimum atomic E-state index is -3.50. The van der Waals surface area contributed by atoms with Gasteiger partial charge in [0, 0.05) is 19.1 Å². The molecule has 0 aliphatic rings. The van der Waals surface area contributed by atoms with Gasteiger partial charge in [-0.2, -0.15) is 4.31 Å². The summed E-state index contributed by atoms with van der Waals surface area (Å²) in [7, 11) is -1.65. The molecule has 4 nitrogen and oxygen atoms in total. The molecule has 0 aliphatic carbocycles. The minimum Gasteiger partial charge on any atom is -0.316 e. The Labute approximate surface area is 122 Å². The molecule has 0 radical (unpaired) electrons. The van der Waals surface area contributed by atoms with E-state index in [4.69, 9.17) is 0 Å². The highest BCUT2D eigenvalue weighted by Crippen LogP contribution is 2.24. The Kier molecular flexibility index (Phi) is 5.92. The van der Waals surface area contributed by atoms with E-state index >= 15 is 0 Å². The predicted molar refractivity (Wildman–Crippen MR) is 83.2 cm³/mol. The third-order valence-electron chi connectivity index (χ3n) is 3.24. The van der Waals surface area contributed by atoms with Crippen molar-refractivity contribution in [3.63, 3.8) is 0 Å². The molecule has 0 atom stereocenters. The van der Waals surface area contributed by atoms with Crippen LogP contribution in [0.25, 0.3) is 0 Å². The summed E-state index contributed by atoms with van der Waals surface area (Å²) < 4.78 is 27.1. The summed E-state index contributed by atoms with van der Waals surface area (Å²) in [6.07, 6.45) is 1.62. The van der Waals surface area contributed by atoms with Gasteiger partial charge in [0.25, 0.3) is 0 Å². The first kappa shape index (κ1) is 16.9. The molecule has 5 heteroatoms. The lowest BCUT2D eigenvalue weighted by atomic mass is 10.1. The third-order valence-corrected chi connectivity index (χ3v) is 5.42. The Bertz CT molecular complexity index is 565. The van der Waals surface area contributed by atoms with E-state index < -0.39 is 10.0 Å². The maximum absolute atomic E-state index is 12.8. The lowest BCUT2D eigenvalue weighted by Crippen LogP contribution is -2.37. The van der Waals surface area contributed by atoms with Crippen LogP contribution in [-0.4, -0.2) is 32.4 Å². The smallest absolute Gasteiger partial charge is 0.243 e. The average molecular weight is 296 g/mol. The van der Waals surface area contributed by atoms with Gasteiger partial charge in [0.2, 0.25) is 10.0 Å². The van der Waals surface area contributed by atoms with Crippen molar-refractivity contribution in [1.82, 2.24) is 9.62 Å². The van der Waals surface area contributed by atoms with E-state index in [9.17, 15) is 8.42 Å². The van der Waals surface area contributed by atoms with Crippen LogP contribution < -0.4 is 5.32 Å². The summed E-state index contributed by atoms with van der Waals surface area (Å²) in [5.41, 5.74) is 1.80. The van der Waals surface area contributed by atoms with E-state index in [1.807, 2.05) is 33.9 Å². The summed E-state index contributed by atoms with van der Waals surface area (Å²) in [4.78, 5) is 0.376. The van der Waals surface area contributed by atoms with Crippen LogP contribution in [-0.2, 0) is 16.6 Å². The van der Waals surface area contributed by atoms with Crippen molar-refractivity contribution in [2.45, 2.75) is 38.3 Å². The highest BCUT2D eigenvalue weighted by atomic mass is 32.2. The van der Waals surface area contributed by atoms with Crippen LogP contribution >= 0.6 is 0 Å². The number of sulfonamides is 1. The van der Waals surface area contributed by atoms with Gasteiger partial charge >= 0.3 is 0 Å². The van der Waals surface area contributed by atoms with Gasteiger partial charge in [0.05, 0.1) is 4.90 Å². The molecule has 112 valence electrons. The molecular formula is C15H24N2O2S. The number of hydrogen-bond acceptors (Lipinski definition) is 3. The molecule has 0 saturated carbocycles. The monoisotopic (exact) mass is 296 g/mol. The average Bonchev–Trinajstić information content (AvgIpc) is 2.37. The SMILES string of the molecule is C=CCN(C(C)C)S(=O)(=O)c1cccc(CNC)c1C. The molecule has 1 rings (SSSR count). The predicted octanol–water partition coefficient (Wildman–Crippen LogP) is 2.30. The summed E-state index contributed by atoms with van der Waals surface area (Å²) >= 11 is 0. The molecule has 0 heterocycles. The summed E-state index contributed by atoms with van der Waals surface area (Å²) in [6, 6.07) is 5.30. The maximum atomic E-state index is 12.8. The Hall–Kier alpha value is -1.17. The molecule has 0 fully saturated rings. The van der Waals surface area contributed by atoms with Crippen LogP contribution in [0.5, 0.6) is 0 Å². The van der Waals surface area contributed by atoms with Crippen LogP contribution in [0.2, 0.25) is 0 Å². The van der Waals surface area contributed by atoms with Crippen LogP contribution in [0.4, 0.5) is 0 Å². The molecule has 0 spiro atoms. The lowest BCUT2D eigenvalue weighted by Gasteiger charge is -2.26. The minimum absolute atomic E-state index is 0.106. The fourth-order valence-electron chi connectivity index (χ4n) is 2.16. The topological polar surface area (TPSA) is 49.4 Å². The molecule has 0 saturated heterocycles. The van der Waals surface area contributed by atoms with E-state index in [1.165, 1.54) is 4.31 Å². The van der Waals surface area contributed by atoms with E-state index in [0.29, 0.717) is 18.0 Å². The van der Waals surface area contributed by atoms with Gasteiger partial charge in [0.15, 0.2) is 0 Å². The van der Waals surface area contributed by atoms with Crippen molar-refractivity contribution in [2.24, 2.45) is 0 Å². The van der Waals surface area contributed by atoms with Gasteiger partial charge in [-0.1, -0.05) is 18.2 Å². The second kappa shape index (κ2) is 7.02. The molecule has 0 aromatic heterocycles. The van der Waals surface area contributed by atoms with Gasteiger partial charge in [-0.05, 0) is 45.0 Å². The van der Waals surface area contributed by atoms with E-state index in [1.54, 1.807) is 18.2 Å². The van der Waals surface area contributed by atoms with E-state index in [2.05, 4.69) is 11.9 Å². The van der Waals surface area contributed by atoms with Crippen LogP contribution in [0.15, 0.2) is 35.7 Å². The van der Waals surface area contributed by atoms with Crippen LogP contribution in [0, 0.1) is 6.92 Å². The summed E-state index contributed by atoms with van der Waals surface area (Å²) in [6.45, 7) is 10.2. The number of benzene rings is 1. The molecule has 0 amide bonds. The second-order valence-corrected chi connectivity index (χ2v) is 6.89. The maximum Gasteiger partial charge on any atom is 0.243 e. The number of rotatable bonds is 7. The fraction of sp³-hybridized carbons (Fsp3) is 0.467. The Morgan fingerprint density at radius 2 is 2.05 bits per heavy atom. The Morgan fingerprint density at radius 1 is 1.40 bits per heavy atom. The zero-order valence-corrected chi connectivity index (χ0v) is 13.5. The summed E-state index contributed by atoms with van der Waals surface area (Å²) in [5.74, 6) is 0. The standard InChI is InChI=1S/C15H24N2O2S/c1-6-10-17(12(2)3)20(18,19)15-9-7-8-14(11-16-5)13(15)4/h6-9,12,16H,1,10-11H2,2-5H3. The van der Waals surface area contributed by atoms with Gasteiger partial charge in [-0.25, -0.2) is 8.42 Å². The summed E-state index contributed by atoms with van der Waals surface area (Å²) in [5, 5.41) is 3.06. The third kappa shape index (κ3) is 3.48. The van der Waals surface area contributed by atoms with E-state index in [-0.39, 0.29) is 6.04 Å². The molecule has 1 aromatic rings. The zero-order valence-electron chi connectivity index (χ0n) is 12.7. The molecule has 1 N–H and O–H groups in total. The van der Waals surface area contributed by atoms with Crippen molar-refractivity contribution in [3.05, 3.63) is 42.0 Å². The van der Waals surface area contributed by atoms with Crippen molar-refractivity contribution in [3.8, 4) is 0 Å². The van der Waals surface area contributed by atoms with Gasteiger partial charge in [0.1, 0.15) is 0 Å². The first-order chi connectivity index (χ1) is 9.36. The first-order valence-electron chi connectivity index (χ1n) is 6.72. The lowest BCUT2D eigenvalue weighted by molar-refractivity contribution is 0.382. The molecular weight excluding hydrogens is 272 g/mol. The first-order valence-corrected chi connectivity index (χ1v) is 8.16. The highest BCUT2D eigenvalue weighted by molar-refractivity contribution is 7.89. The van der Waals surface area contributed by atoms with Gasteiger partial charge in [-0.15, -0.1) is 6.58 Å². The van der Waals surface area contributed by atoms with Gasteiger partial charge in [-0.3, -0.25) is 0 Å². The Balaban J connectivity index is 3.34. The van der Waals surface area contributed by atoms with Crippen LogP contribution in [0.1, 0.15) is 25.0 Å². The quantitative estimate of drug-likeness (QED) is 0.786. The zero-order chi connectivity index (χ0) is 15.3. The van der Waals surface area contributed by atoms with Crippen molar-refractivity contribution >= 4 is 10.0 Å². The number of hydrogen-bond donors (Lipinski definition) is 1. The van der Waals surface area contributed by atoms with E-state index in [0.717, 1.165) is 11.1 Å². The van der Waals surface area contributed by atoms with Crippen molar-refractivity contribution in [2.75, 3.05) is 13.6 Å². The van der Waals surface area contributed by atoms with Gasteiger partial charge < -0.3 is 5.32 Å². The molecule has 0 bridgehead atoms. The second-order valence-electron chi connectivity index (χ2n) is 5.03. The fourth-order valence-corrected chi connectivity index (χ4v) is 4.04. The van der Waals surface area contributed by atoms with Crippen LogP contribution in [0.3, 0.4) is 0 Å². The molecule has 0 aliphatic heterocycles. The number of nitrogens with zero attached hydrogens (tertiary/aromatic N) is 1. The van der Waals surface area contributed by atoms with Crippen molar-refractivity contribution in [1.29, 1.82) is 0 Å². The van der Waals surface area contributed by atoms with Crippen molar-refractivity contribution < 1.29 is 8.42 Å².